The van der Waals surface area contributed by atoms with Crippen molar-refractivity contribution in [2.45, 2.75) is 89.0 Å². The van der Waals surface area contributed by atoms with Crippen molar-refractivity contribution in [3.05, 3.63) is 34.9 Å². The molecule has 1 aromatic carbocycles. The molecule has 1 fully saturated rings. The summed E-state index contributed by atoms with van der Waals surface area (Å²) in [4.78, 5) is 0. The molecule has 0 aliphatic heterocycles. The lowest BCUT2D eigenvalue weighted by molar-refractivity contribution is 0.198. The lowest BCUT2D eigenvalue weighted by atomic mass is 9.79. The summed E-state index contributed by atoms with van der Waals surface area (Å²) in [5, 5.41) is 9.49. The van der Waals surface area contributed by atoms with Gasteiger partial charge in [-0.05, 0) is 67.1 Å². The molecule has 3 rings (SSSR count). The second kappa shape index (κ2) is 8.01. The molecule has 1 aromatic rings. The maximum atomic E-state index is 9.49. The third-order valence-corrected chi connectivity index (χ3v) is 6.46. The molecule has 0 bridgehead atoms. The second-order valence-electron chi connectivity index (χ2n) is 8.45. The van der Waals surface area contributed by atoms with Crippen molar-refractivity contribution < 1.29 is 5.11 Å². The van der Waals surface area contributed by atoms with E-state index in [1.165, 1.54) is 56.9 Å². The number of fused-ring (bicyclic) bond motifs is 1. The Hall–Kier alpha value is -0.860. The fourth-order valence-corrected chi connectivity index (χ4v) is 4.80. The molecule has 2 aliphatic rings. The van der Waals surface area contributed by atoms with Gasteiger partial charge in [-0.2, -0.15) is 0 Å². The van der Waals surface area contributed by atoms with E-state index in [1.807, 2.05) is 0 Å². The average Bonchev–Trinajstić information content (AvgIpc) is 3.01. The lowest BCUT2D eigenvalue weighted by Crippen LogP contribution is -2.40. The van der Waals surface area contributed by atoms with Crippen molar-refractivity contribution >= 4 is 0 Å². The molecule has 0 amide bonds. The fourth-order valence-electron chi connectivity index (χ4n) is 4.80. The number of nitrogens with two attached hydrogens (primary N) is 1. The molecule has 0 spiro atoms. The van der Waals surface area contributed by atoms with Crippen molar-refractivity contribution in [2.24, 2.45) is 11.7 Å². The predicted octanol–water partition coefficient (Wildman–Crippen LogP) is 4.72. The van der Waals surface area contributed by atoms with Gasteiger partial charge in [0.25, 0.3) is 0 Å². The summed E-state index contributed by atoms with van der Waals surface area (Å²) in [7, 11) is 0. The van der Waals surface area contributed by atoms with Crippen LogP contribution in [-0.2, 0) is 12.8 Å². The van der Waals surface area contributed by atoms with Crippen LogP contribution in [0.5, 0.6) is 0 Å². The number of hydrogen-bond donors (Lipinski definition) is 2. The highest BCUT2D eigenvalue weighted by Gasteiger charge is 2.36. The zero-order valence-electron chi connectivity index (χ0n) is 15.4. The number of aryl methyl sites for hydroxylation is 1. The van der Waals surface area contributed by atoms with Crippen LogP contribution >= 0.6 is 0 Å². The Labute approximate surface area is 147 Å². The standard InChI is InChI=1S/C22H35NO/c1-2-3-4-5-6-17-7-8-19-14-20(10-9-18(19)13-17)21-11-12-22(23,15-21)16-24/h9-10,14,17,21,24H,2-8,11-13,15-16,23H2,1H3/t17?,21-,22+/m1/s1. The third kappa shape index (κ3) is 4.21. The molecule has 3 atom stereocenters. The molecule has 2 heteroatoms. The molecule has 3 N–H and O–H groups in total. The molecular formula is C22H35NO. The Morgan fingerprint density at radius 1 is 1.17 bits per heavy atom. The molecule has 0 heterocycles. The quantitative estimate of drug-likeness (QED) is 0.711. The van der Waals surface area contributed by atoms with Gasteiger partial charge in [0.15, 0.2) is 0 Å². The summed E-state index contributed by atoms with van der Waals surface area (Å²) < 4.78 is 0. The van der Waals surface area contributed by atoms with Crippen LogP contribution in [0.25, 0.3) is 0 Å². The predicted molar refractivity (Wildman–Crippen MR) is 101 cm³/mol. The van der Waals surface area contributed by atoms with Crippen molar-refractivity contribution in [2.75, 3.05) is 6.61 Å². The van der Waals surface area contributed by atoms with E-state index < -0.39 is 0 Å². The van der Waals surface area contributed by atoms with E-state index in [4.69, 9.17) is 5.73 Å². The van der Waals surface area contributed by atoms with Crippen LogP contribution in [0.4, 0.5) is 0 Å². The molecule has 0 saturated heterocycles. The van der Waals surface area contributed by atoms with E-state index in [2.05, 4.69) is 25.1 Å². The number of aliphatic hydroxyl groups is 1. The van der Waals surface area contributed by atoms with Crippen LogP contribution in [0.1, 0.15) is 87.3 Å². The SMILES string of the molecule is CCCCCCC1CCc2cc([C@@H]3CC[C@@](N)(CO)C3)ccc2C1. The summed E-state index contributed by atoms with van der Waals surface area (Å²) in [6.45, 7) is 2.40. The molecule has 2 nitrogen and oxygen atoms in total. The van der Waals surface area contributed by atoms with E-state index >= 15 is 0 Å². The minimum absolute atomic E-state index is 0.119. The lowest BCUT2D eigenvalue weighted by Gasteiger charge is -2.26. The zero-order valence-corrected chi connectivity index (χ0v) is 15.4. The van der Waals surface area contributed by atoms with E-state index in [1.54, 1.807) is 11.1 Å². The van der Waals surface area contributed by atoms with Crippen molar-refractivity contribution in [1.82, 2.24) is 0 Å². The van der Waals surface area contributed by atoms with Gasteiger partial charge in [0.1, 0.15) is 0 Å². The van der Waals surface area contributed by atoms with E-state index in [-0.39, 0.29) is 12.1 Å². The highest BCUT2D eigenvalue weighted by atomic mass is 16.3. The Bertz CT molecular complexity index is 541. The highest BCUT2D eigenvalue weighted by Crippen LogP contribution is 2.40. The number of unbranched alkanes of at least 4 members (excludes halogenated alkanes) is 3. The maximum absolute atomic E-state index is 9.49. The van der Waals surface area contributed by atoms with Crippen LogP contribution in [-0.4, -0.2) is 17.3 Å². The Balaban J connectivity index is 1.58. The first kappa shape index (κ1) is 17.9. The van der Waals surface area contributed by atoms with Gasteiger partial charge in [0.2, 0.25) is 0 Å². The summed E-state index contributed by atoms with van der Waals surface area (Å²) >= 11 is 0. The number of aliphatic hydroxyl groups excluding tert-OH is 1. The largest absolute Gasteiger partial charge is 0.394 e. The number of rotatable bonds is 7. The first-order valence-corrected chi connectivity index (χ1v) is 10.1. The molecule has 0 radical (unpaired) electrons. The van der Waals surface area contributed by atoms with Gasteiger partial charge in [0.05, 0.1) is 6.61 Å². The van der Waals surface area contributed by atoms with E-state index in [9.17, 15) is 5.11 Å². The van der Waals surface area contributed by atoms with Crippen LogP contribution in [0.3, 0.4) is 0 Å². The Kier molecular flexibility index (Phi) is 5.99. The van der Waals surface area contributed by atoms with Crippen LogP contribution in [0.15, 0.2) is 18.2 Å². The van der Waals surface area contributed by atoms with Crippen molar-refractivity contribution in [1.29, 1.82) is 0 Å². The van der Waals surface area contributed by atoms with Crippen molar-refractivity contribution in [3.8, 4) is 0 Å². The van der Waals surface area contributed by atoms with Crippen LogP contribution in [0.2, 0.25) is 0 Å². The monoisotopic (exact) mass is 329 g/mol. The molecule has 1 saturated carbocycles. The Morgan fingerprint density at radius 2 is 2.04 bits per heavy atom. The smallest absolute Gasteiger partial charge is 0.0611 e. The highest BCUT2D eigenvalue weighted by molar-refractivity contribution is 5.36. The van der Waals surface area contributed by atoms with Crippen molar-refractivity contribution in [3.63, 3.8) is 0 Å². The maximum Gasteiger partial charge on any atom is 0.0611 e. The average molecular weight is 330 g/mol. The molecule has 2 aliphatic carbocycles. The second-order valence-corrected chi connectivity index (χ2v) is 8.45. The van der Waals surface area contributed by atoms with E-state index in [0.29, 0.717) is 5.92 Å². The molecule has 0 aromatic heterocycles. The minimum Gasteiger partial charge on any atom is -0.394 e. The summed E-state index contributed by atoms with van der Waals surface area (Å²) in [6, 6.07) is 7.18. The van der Waals surface area contributed by atoms with Crippen LogP contribution in [0, 0.1) is 5.92 Å². The molecule has 24 heavy (non-hydrogen) atoms. The zero-order chi connectivity index (χ0) is 17.0. The van der Waals surface area contributed by atoms with Gasteiger partial charge in [-0.15, -0.1) is 0 Å². The van der Waals surface area contributed by atoms with Gasteiger partial charge in [-0.1, -0.05) is 57.2 Å². The first-order chi connectivity index (χ1) is 11.6. The summed E-state index contributed by atoms with van der Waals surface area (Å²) in [6.07, 6.45) is 13.9. The minimum atomic E-state index is -0.343. The Morgan fingerprint density at radius 3 is 2.79 bits per heavy atom. The number of benzene rings is 1. The first-order valence-electron chi connectivity index (χ1n) is 10.1. The molecule has 134 valence electrons. The van der Waals surface area contributed by atoms with Gasteiger partial charge >= 0.3 is 0 Å². The van der Waals surface area contributed by atoms with E-state index in [0.717, 1.165) is 25.2 Å². The molecular weight excluding hydrogens is 294 g/mol. The topological polar surface area (TPSA) is 46.2 Å². The van der Waals surface area contributed by atoms with Gasteiger partial charge < -0.3 is 10.8 Å². The fraction of sp³-hybridized carbons (Fsp3) is 0.727. The number of hydrogen-bond acceptors (Lipinski definition) is 2. The summed E-state index contributed by atoms with van der Waals surface area (Å²) in [5.41, 5.74) is 10.5. The van der Waals surface area contributed by atoms with Crippen LogP contribution < -0.4 is 5.73 Å². The summed E-state index contributed by atoms with van der Waals surface area (Å²) in [5.74, 6) is 1.44. The van der Waals surface area contributed by atoms with Gasteiger partial charge in [0, 0.05) is 5.54 Å². The molecule has 1 unspecified atom stereocenters. The van der Waals surface area contributed by atoms with Gasteiger partial charge in [-0.3, -0.25) is 0 Å². The normalized spacial score (nSPS) is 29.6. The van der Waals surface area contributed by atoms with Gasteiger partial charge in [-0.25, -0.2) is 0 Å². The third-order valence-electron chi connectivity index (χ3n) is 6.46.